The second-order valence-electron chi connectivity index (χ2n) is 3.73. The van der Waals surface area contributed by atoms with Gasteiger partial charge >= 0.3 is 0 Å². The summed E-state index contributed by atoms with van der Waals surface area (Å²) in [6, 6.07) is 3.89. The van der Waals surface area contributed by atoms with Crippen molar-refractivity contribution in [3.8, 4) is 0 Å². The smallest absolute Gasteiger partial charge is 0.169 e. The van der Waals surface area contributed by atoms with Crippen molar-refractivity contribution >= 4 is 15.9 Å². The molecule has 0 atom stereocenters. The molecule has 1 heterocycles. The minimum absolute atomic E-state index is 0.300. The highest BCUT2D eigenvalue weighted by molar-refractivity contribution is 9.10. The van der Waals surface area contributed by atoms with E-state index in [0.29, 0.717) is 6.61 Å². The summed E-state index contributed by atoms with van der Waals surface area (Å²) in [5.74, 6) is 0.978. The highest BCUT2D eigenvalue weighted by Gasteiger charge is 2.03. The van der Waals surface area contributed by atoms with Crippen molar-refractivity contribution in [2.75, 3.05) is 20.2 Å². The number of rotatable bonds is 7. The molecule has 0 bridgehead atoms. The summed E-state index contributed by atoms with van der Waals surface area (Å²) in [5, 5.41) is 8.64. The lowest BCUT2D eigenvalue weighted by atomic mass is 10.2. The van der Waals surface area contributed by atoms with Gasteiger partial charge in [0.1, 0.15) is 5.76 Å². The van der Waals surface area contributed by atoms with Crippen LogP contribution in [0.5, 0.6) is 0 Å². The van der Waals surface area contributed by atoms with Gasteiger partial charge in [-0.1, -0.05) is 0 Å². The van der Waals surface area contributed by atoms with Crippen molar-refractivity contribution in [1.29, 1.82) is 0 Å². The van der Waals surface area contributed by atoms with Gasteiger partial charge in [-0.25, -0.2) is 0 Å². The maximum atomic E-state index is 8.64. The second kappa shape index (κ2) is 7.04. The lowest BCUT2D eigenvalue weighted by Crippen LogP contribution is -2.18. The molecule has 0 spiro atoms. The van der Waals surface area contributed by atoms with Gasteiger partial charge in [0.15, 0.2) is 4.67 Å². The number of halogens is 1. The zero-order valence-electron chi connectivity index (χ0n) is 9.08. The standard InChI is InChI=1S/C11H18BrNO2/c1-13(7-3-2-4-8-14)9-10-5-6-11(12)15-10/h5-6,14H,2-4,7-9H2,1H3. The number of hydrogen-bond donors (Lipinski definition) is 1. The average Bonchev–Trinajstić information content (AvgIpc) is 2.59. The van der Waals surface area contributed by atoms with Gasteiger partial charge in [0.25, 0.3) is 0 Å². The number of hydrogen-bond acceptors (Lipinski definition) is 3. The van der Waals surface area contributed by atoms with Gasteiger partial charge in [-0.05, 0) is 60.9 Å². The molecule has 3 nitrogen and oxygen atoms in total. The Balaban J connectivity index is 2.15. The van der Waals surface area contributed by atoms with E-state index in [-0.39, 0.29) is 0 Å². The highest BCUT2D eigenvalue weighted by atomic mass is 79.9. The summed E-state index contributed by atoms with van der Waals surface area (Å²) in [7, 11) is 2.08. The van der Waals surface area contributed by atoms with Crippen LogP contribution in [0.4, 0.5) is 0 Å². The van der Waals surface area contributed by atoms with E-state index in [2.05, 4.69) is 27.9 Å². The van der Waals surface area contributed by atoms with E-state index in [1.807, 2.05) is 12.1 Å². The zero-order valence-corrected chi connectivity index (χ0v) is 10.7. The van der Waals surface area contributed by atoms with Crippen LogP contribution in [0.1, 0.15) is 25.0 Å². The molecule has 0 amide bonds. The molecule has 1 aromatic heterocycles. The Kier molecular flexibility index (Phi) is 5.98. The summed E-state index contributed by atoms with van der Waals surface area (Å²) in [5.41, 5.74) is 0. The molecule has 0 saturated heterocycles. The molecule has 0 aromatic carbocycles. The van der Waals surface area contributed by atoms with Gasteiger partial charge < -0.3 is 9.52 Å². The van der Waals surface area contributed by atoms with Crippen LogP contribution in [-0.2, 0) is 6.54 Å². The highest BCUT2D eigenvalue weighted by Crippen LogP contribution is 2.15. The molecule has 0 saturated carbocycles. The molecule has 86 valence electrons. The van der Waals surface area contributed by atoms with Crippen molar-refractivity contribution in [1.82, 2.24) is 4.90 Å². The second-order valence-corrected chi connectivity index (χ2v) is 4.51. The third-order valence-electron chi connectivity index (χ3n) is 2.25. The van der Waals surface area contributed by atoms with Gasteiger partial charge in [-0.2, -0.15) is 0 Å². The van der Waals surface area contributed by atoms with Crippen LogP contribution in [0, 0.1) is 0 Å². The third-order valence-corrected chi connectivity index (χ3v) is 2.68. The predicted octanol–water partition coefficient (Wildman–Crippen LogP) is 2.64. The Morgan fingerprint density at radius 3 is 2.73 bits per heavy atom. The third kappa shape index (κ3) is 5.35. The Hall–Kier alpha value is -0.320. The quantitative estimate of drug-likeness (QED) is 0.778. The van der Waals surface area contributed by atoms with E-state index in [1.165, 1.54) is 0 Å². The Morgan fingerprint density at radius 2 is 2.13 bits per heavy atom. The van der Waals surface area contributed by atoms with Gasteiger partial charge in [-0.3, -0.25) is 4.90 Å². The largest absolute Gasteiger partial charge is 0.453 e. The number of aliphatic hydroxyl groups is 1. The SMILES string of the molecule is CN(CCCCCO)Cc1ccc(Br)o1. The summed E-state index contributed by atoms with van der Waals surface area (Å²) in [6.45, 7) is 2.18. The van der Waals surface area contributed by atoms with E-state index < -0.39 is 0 Å². The molecule has 1 N–H and O–H groups in total. The molecule has 0 unspecified atom stereocenters. The van der Waals surface area contributed by atoms with E-state index in [9.17, 15) is 0 Å². The normalized spacial score (nSPS) is 11.2. The first kappa shape index (κ1) is 12.7. The van der Waals surface area contributed by atoms with Crippen molar-refractivity contribution < 1.29 is 9.52 Å². The predicted molar refractivity (Wildman–Crippen MR) is 63.7 cm³/mol. The Morgan fingerprint density at radius 1 is 1.33 bits per heavy atom. The molecule has 0 radical (unpaired) electrons. The maximum absolute atomic E-state index is 8.64. The molecular formula is C11H18BrNO2. The van der Waals surface area contributed by atoms with Crippen molar-refractivity contribution in [3.63, 3.8) is 0 Å². The summed E-state index contributed by atoms with van der Waals surface area (Å²) < 4.78 is 6.20. The lowest BCUT2D eigenvalue weighted by Gasteiger charge is -2.14. The Bertz CT molecular complexity index is 275. The molecular weight excluding hydrogens is 258 g/mol. The molecule has 0 aliphatic heterocycles. The van der Waals surface area contributed by atoms with Crippen molar-refractivity contribution in [2.45, 2.75) is 25.8 Å². The molecule has 4 heteroatoms. The molecule has 1 aromatic rings. The molecule has 15 heavy (non-hydrogen) atoms. The van der Waals surface area contributed by atoms with Crippen molar-refractivity contribution in [3.05, 3.63) is 22.6 Å². The summed E-state index contributed by atoms with van der Waals surface area (Å²) in [6.07, 6.45) is 3.11. The van der Waals surface area contributed by atoms with Crippen LogP contribution >= 0.6 is 15.9 Å². The van der Waals surface area contributed by atoms with Crippen LogP contribution in [0.15, 0.2) is 21.2 Å². The monoisotopic (exact) mass is 275 g/mol. The topological polar surface area (TPSA) is 36.6 Å². The molecule has 0 aliphatic carbocycles. The summed E-state index contributed by atoms with van der Waals surface area (Å²) in [4.78, 5) is 2.22. The molecule has 1 rings (SSSR count). The first-order valence-electron chi connectivity index (χ1n) is 5.26. The van der Waals surface area contributed by atoms with Crippen LogP contribution in [0.2, 0.25) is 0 Å². The van der Waals surface area contributed by atoms with Crippen LogP contribution in [-0.4, -0.2) is 30.2 Å². The fourth-order valence-corrected chi connectivity index (χ4v) is 1.79. The van der Waals surface area contributed by atoms with E-state index in [1.54, 1.807) is 0 Å². The van der Waals surface area contributed by atoms with Crippen molar-refractivity contribution in [2.24, 2.45) is 0 Å². The van der Waals surface area contributed by atoms with Gasteiger partial charge in [0.2, 0.25) is 0 Å². The number of aliphatic hydroxyl groups excluding tert-OH is 1. The van der Waals surface area contributed by atoms with E-state index >= 15 is 0 Å². The number of unbranched alkanes of at least 4 members (excludes halogenated alkanes) is 2. The zero-order chi connectivity index (χ0) is 11.1. The van der Waals surface area contributed by atoms with E-state index in [4.69, 9.17) is 9.52 Å². The van der Waals surface area contributed by atoms with Crippen LogP contribution in [0.3, 0.4) is 0 Å². The first-order valence-corrected chi connectivity index (χ1v) is 6.05. The molecule has 0 fully saturated rings. The van der Waals surface area contributed by atoms with Crippen LogP contribution in [0.25, 0.3) is 0 Å². The minimum atomic E-state index is 0.300. The van der Waals surface area contributed by atoms with Crippen LogP contribution < -0.4 is 0 Å². The minimum Gasteiger partial charge on any atom is -0.453 e. The number of furan rings is 1. The van der Waals surface area contributed by atoms with Gasteiger partial charge in [0, 0.05) is 6.61 Å². The van der Waals surface area contributed by atoms with Gasteiger partial charge in [-0.15, -0.1) is 0 Å². The Labute approximate surface area is 99.2 Å². The number of nitrogens with zero attached hydrogens (tertiary/aromatic N) is 1. The lowest BCUT2D eigenvalue weighted by molar-refractivity contribution is 0.263. The maximum Gasteiger partial charge on any atom is 0.169 e. The molecule has 0 aliphatic rings. The van der Waals surface area contributed by atoms with Gasteiger partial charge in [0.05, 0.1) is 6.54 Å². The van der Waals surface area contributed by atoms with E-state index in [0.717, 1.165) is 42.8 Å². The fraction of sp³-hybridized carbons (Fsp3) is 0.636. The fourth-order valence-electron chi connectivity index (χ4n) is 1.45. The average molecular weight is 276 g/mol. The summed E-state index contributed by atoms with van der Waals surface area (Å²) >= 11 is 3.28. The first-order chi connectivity index (χ1) is 7.22.